The smallest absolute Gasteiger partial charge is 0.354 e. The fourth-order valence-electron chi connectivity index (χ4n) is 4.00. The zero-order valence-corrected chi connectivity index (χ0v) is 19.5. The first kappa shape index (κ1) is 23.0. The van der Waals surface area contributed by atoms with Crippen LogP contribution in [0, 0.1) is 5.92 Å². The number of anilines is 2. The third-order valence-corrected chi connectivity index (χ3v) is 7.37. The topological polar surface area (TPSA) is 133 Å². The van der Waals surface area contributed by atoms with Gasteiger partial charge in [-0.25, -0.2) is 27.9 Å². The molecule has 1 aromatic carbocycles. The van der Waals surface area contributed by atoms with Crippen LogP contribution in [-0.4, -0.2) is 67.8 Å². The summed E-state index contributed by atoms with van der Waals surface area (Å²) in [5.74, 6) is 1.18. The second-order valence-electron chi connectivity index (χ2n) is 8.01. The summed E-state index contributed by atoms with van der Waals surface area (Å²) in [7, 11) is -0.208. The normalized spacial score (nSPS) is 19.4. The first-order valence-electron chi connectivity index (χ1n) is 10.6. The zero-order valence-electron chi connectivity index (χ0n) is 18.6. The summed E-state index contributed by atoms with van der Waals surface area (Å²) >= 11 is 0. The van der Waals surface area contributed by atoms with Crippen molar-refractivity contribution in [1.82, 2.24) is 24.7 Å². The summed E-state index contributed by atoms with van der Waals surface area (Å²) in [4.78, 5) is 32.0. The van der Waals surface area contributed by atoms with Crippen LogP contribution in [0.4, 0.5) is 16.3 Å². The average Bonchev–Trinajstić information content (AvgIpc) is 3.29. The number of likely N-dealkylation sites (N-methyl/N-ethyl adjacent to an activating group) is 1. The van der Waals surface area contributed by atoms with E-state index in [1.807, 2.05) is 19.3 Å². The van der Waals surface area contributed by atoms with Crippen molar-refractivity contribution in [2.75, 3.05) is 37.4 Å². The van der Waals surface area contributed by atoms with E-state index >= 15 is 0 Å². The SMILES string of the molecule is CNS(=O)(=O)c1ccc(NC(=O)ON2CCC(C)C(N(C)c3ncnc4[nH]ccc34)C2)cc1. The van der Waals surface area contributed by atoms with Gasteiger partial charge in [-0.05, 0) is 49.7 Å². The molecule has 1 fully saturated rings. The number of rotatable bonds is 6. The number of aromatic amines is 1. The summed E-state index contributed by atoms with van der Waals surface area (Å²) < 4.78 is 25.9. The largest absolute Gasteiger partial charge is 0.430 e. The molecule has 3 aromatic rings. The van der Waals surface area contributed by atoms with E-state index in [0.29, 0.717) is 24.7 Å². The number of aromatic nitrogens is 3. The number of benzene rings is 1. The van der Waals surface area contributed by atoms with Crippen LogP contribution in [0.5, 0.6) is 0 Å². The van der Waals surface area contributed by atoms with Gasteiger partial charge in [0.2, 0.25) is 10.0 Å². The van der Waals surface area contributed by atoms with E-state index in [1.54, 1.807) is 5.06 Å². The van der Waals surface area contributed by atoms with Gasteiger partial charge < -0.3 is 14.7 Å². The second-order valence-corrected chi connectivity index (χ2v) is 9.89. The molecule has 12 heteroatoms. The van der Waals surface area contributed by atoms with E-state index in [-0.39, 0.29) is 10.9 Å². The molecule has 0 spiro atoms. The summed E-state index contributed by atoms with van der Waals surface area (Å²) in [5.41, 5.74) is 1.21. The summed E-state index contributed by atoms with van der Waals surface area (Å²) in [5, 5.41) is 5.22. The van der Waals surface area contributed by atoms with Crippen molar-refractivity contribution in [3.63, 3.8) is 0 Å². The molecule has 2 unspecified atom stereocenters. The molecule has 3 heterocycles. The van der Waals surface area contributed by atoms with Gasteiger partial charge in [-0.3, -0.25) is 5.32 Å². The Labute approximate surface area is 192 Å². The molecule has 1 aliphatic rings. The van der Waals surface area contributed by atoms with Crippen molar-refractivity contribution in [3.8, 4) is 0 Å². The monoisotopic (exact) mass is 473 g/mol. The van der Waals surface area contributed by atoms with Crippen LogP contribution in [0.25, 0.3) is 11.0 Å². The lowest BCUT2D eigenvalue weighted by Crippen LogP contribution is -2.51. The lowest BCUT2D eigenvalue weighted by molar-refractivity contribution is -0.117. The number of amides is 1. The van der Waals surface area contributed by atoms with Gasteiger partial charge in [-0.1, -0.05) is 6.92 Å². The van der Waals surface area contributed by atoms with Crippen molar-refractivity contribution in [2.45, 2.75) is 24.3 Å². The molecule has 1 aliphatic heterocycles. The highest BCUT2D eigenvalue weighted by atomic mass is 32.2. The fourth-order valence-corrected chi connectivity index (χ4v) is 4.73. The predicted octanol–water partition coefficient (Wildman–Crippen LogP) is 2.18. The van der Waals surface area contributed by atoms with Crippen LogP contribution in [0.3, 0.4) is 0 Å². The molecule has 176 valence electrons. The predicted molar refractivity (Wildman–Crippen MR) is 124 cm³/mol. The summed E-state index contributed by atoms with van der Waals surface area (Å²) in [6.45, 7) is 3.30. The third-order valence-electron chi connectivity index (χ3n) is 5.94. The minimum atomic E-state index is -3.54. The Kier molecular flexibility index (Phi) is 6.49. The van der Waals surface area contributed by atoms with Crippen LogP contribution in [-0.2, 0) is 14.9 Å². The van der Waals surface area contributed by atoms with E-state index in [0.717, 1.165) is 23.3 Å². The maximum Gasteiger partial charge on any atom is 0.430 e. The molecular weight excluding hydrogens is 446 g/mol. The zero-order chi connectivity index (χ0) is 23.6. The number of hydroxylamine groups is 2. The number of fused-ring (bicyclic) bond motifs is 1. The molecule has 2 aromatic heterocycles. The molecule has 0 saturated carbocycles. The molecule has 0 bridgehead atoms. The second kappa shape index (κ2) is 9.33. The number of carbonyl (C=O) groups excluding carboxylic acids is 1. The Morgan fingerprint density at radius 1 is 1.24 bits per heavy atom. The summed E-state index contributed by atoms with van der Waals surface area (Å²) in [6.07, 6.45) is 3.58. The molecule has 2 atom stereocenters. The first-order valence-corrected chi connectivity index (χ1v) is 12.0. The molecule has 33 heavy (non-hydrogen) atoms. The van der Waals surface area contributed by atoms with E-state index < -0.39 is 16.1 Å². The number of nitrogens with one attached hydrogen (secondary N) is 3. The molecule has 4 rings (SSSR count). The van der Waals surface area contributed by atoms with Crippen LogP contribution in [0.2, 0.25) is 0 Å². The lowest BCUT2D eigenvalue weighted by atomic mass is 9.93. The number of piperidine rings is 1. The number of H-pyrrole nitrogens is 1. The van der Waals surface area contributed by atoms with Gasteiger partial charge in [0.15, 0.2) is 0 Å². The van der Waals surface area contributed by atoms with Gasteiger partial charge in [0.1, 0.15) is 17.8 Å². The Morgan fingerprint density at radius 2 is 2.00 bits per heavy atom. The van der Waals surface area contributed by atoms with Gasteiger partial charge in [-0.2, -0.15) is 0 Å². The number of nitrogens with zero attached hydrogens (tertiary/aromatic N) is 4. The molecule has 0 aliphatic carbocycles. The molecule has 0 radical (unpaired) electrons. The molecule has 1 amide bonds. The average molecular weight is 474 g/mol. The Bertz CT molecular complexity index is 1230. The highest BCUT2D eigenvalue weighted by Gasteiger charge is 2.32. The summed E-state index contributed by atoms with van der Waals surface area (Å²) in [6, 6.07) is 7.88. The Balaban J connectivity index is 1.40. The third kappa shape index (κ3) is 4.92. The van der Waals surface area contributed by atoms with E-state index in [2.05, 4.69) is 36.8 Å². The van der Waals surface area contributed by atoms with Crippen molar-refractivity contribution >= 4 is 38.7 Å². The molecule has 11 nitrogen and oxygen atoms in total. The molecular formula is C21H27N7O4S. The molecule has 3 N–H and O–H groups in total. The number of hydrogen-bond acceptors (Lipinski definition) is 8. The van der Waals surface area contributed by atoms with E-state index in [9.17, 15) is 13.2 Å². The quantitative estimate of drug-likeness (QED) is 0.496. The van der Waals surface area contributed by atoms with Crippen molar-refractivity contribution in [2.24, 2.45) is 5.92 Å². The fraction of sp³-hybridized carbons (Fsp3) is 0.381. The van der Waals surface area contributed by atoms with Gasteiger partial charge in [-0.15, -0.1) is 5.06 Å². The Hall–Kier alpha value is -3.22. The van der Waals surface area contributed by atoms with Gasteiger partial charge in [0.05, 0.1) is 16.8 Å². The number of hydrogen-bond donors (Lipinski definition) is 3. The van der Waals surface area contributed by atoms with Crippen molar-refractivity contribution in [3.05, 3.63) is 42.9 Å². The highest BCUT2D eigenvalue weighted by Crippen LogP contribution is 2.28. The molecule has 1 saturated heterocycles. The lowest BCUT2D eigenvalue weighted by Gasteiger charge is -2.40. The van der Waals surface area contributed by atoms with Gasteiger partial charge >= 0.3 is 6.09 Å². The highest BCUT2D eigenvalue weighted by molar-refractivity contribution is 7.89. The van der Waals surface area contributed by atoms with Crippen LogP contribution >= 0.6 is 0 Å². The maximum absolute atomic E-state index is 12.4. The van der Waals surface area contributed by atoms with Gasteiger partial charge in [0, 0.05) is 31.5 Å². The van der Waals surface area contributed by atoms with Crippen molar-refractivity contribution in [1.29, 1.82) is 0 Å². The van der Waals surface area contributed by atoms with Crippen LogP contribution < -0.4 is 14.9 Å². The van der Waals surface area contributed by atoms with Crippen LogP contribution in [0.1, 0.15) is 13.3 Å². The number of carbonyl (C=O) groups is 1. The first-order chi connectivity index (χ1) is 15.8. The maximum atomic E-state index is 12.4. The van der Waals surface area contributed by atoms with Crippen LogP contribution in [0.15, 0.2) is 47.8 Å². The van der Waals surface area contributed by atoms with Crippen molar-refractivity contribution < 1.29 is 18.0 Å². The van der Waals surface area contributed by atoms with Gasteiger partial charge in [0.25, 0.3) is 0 Å². The number of sulfonamides is 1. The van der Waals surface area contributed by atoms with E-state index in [4.69, 9.17) is 4.84 Å². The minimum absolute atomic E-state index is 0.0746. The van der Waals surface area contributed by atoms with E-state index in [1.165, 1.54) is 37.6 Å². The Morgan fingerprint density at radius 3 is 2.73 bits per heavy atom. The standard InChI is InChI=1S/C21H27N7O4S/c1-14-9-11-28(12-18(14)27(3)20-17-8-10-23-19(17)24-13-25-20)32-21(29)26-15-4-6-16(7-5-15)33(30,31)22-2/h4-8,10,13-14,18,22H,9,11-12H2,1-3H3,(H,26,29)(H,23,24,25). The minimum Gasteiger partial charge on any atom is -0.354 e.